The molecule has 0 aromatic heterocycles. The van der Waals surface area contributed by atoms with E-state index in [0.29, 0.717) is 35.5 Å². The second-order valence-corrected chi connectivity index (χ2v) is 5.95. The van der Waals surface area contributed by atoms with Crippen molar-refractivity contribution in [2.45, 2.75) is 34.6 Å². The summed E-state index contributed by atoms with van der Waals surface area (Å²) in [7, 11) is 0. The molecule has 0 fully saturated rings. The monoisotopic (exact) mass is 262 g/mol. The van der Waals surface area contributed by atoms with Crippen LogP contribution in [-0.4, -0.2) is 12.5 Å². The number of nitrogens with two attached hydrogens (primary N) is 1. The minimum Gasteiger partial charge on any atom is -0.398 e. The maximum atomic E-state index is 12.2. The standard InChI is InChI=1S/C16H26N2O/c1-10(2)14(11(3)4)9-18-16(19)13-8-12(5)6-7-15(13)17/h6-8,10-11,14H,9,17H2,1-5H3,(H,18,19). The molecule has 0 bridgehead atoms. The summed E-state index contributed by atoms with van der Waals surface area (Å²) in [6.07, 6.45) is 0. The molecule has 0 atom stereocenters. The summed E-state index contributed by atoms with van der Waals surface area (Å²) in [5.41, 5.74) is 8.01. The molecule has 1 amide bonds. The summed E-state index contributed by atoms with van der Waals surface area (Å²) in [5.74, 6) is 1.51. The average molecular weight is 262 g/mol. The lowest BCUT2D eigenvalue weighted by atomic mass is 9.85. The van der Waals surface area contributed by atoms with Crippen molar-refractivity contribution in [3.8, 4) is 0 Å². The van der Waals surface area contributed by atoms with E-state index in [-0.39, 0.29) is 5.91 Å². The topological polar surface area (TPSA) is 55.1 Å². The first-order chi connectivity index (χ1) is 8.82. The Morgan fingerprint density at radius 1 is 1.21 bits per heavy atom. The Kier molecular flexibility index (Phi) is 5.40. The van der Waals surface area contributed by atoms with Crippen LogP contribution in [0.25, 0.3) is 0 Å². The molecule has 0 saturated carbocycles. The number of nitrogen functional groups attached to an aromatic ring is 1. The highest BCUT2D eigenvalue weighted by atomic mass is 16.1. The van der Waals surface area contributed by atoms with Gasteiger partial charge in [-0.3, -0.25) is 4.79 Å². The number of amides is 1. The lowest BCUT2D eigenvalue weighted by Gasteiger charge is -2.25. The van der Waals surface area contributed by atoms with Gasteiger partial charge in [0.2, 0.25) is 0 Å². The van der Waals surface area contributed by atoms with Gasteiger partial charge >= 0.3 is 0 Å². The largest absolute Gasteiger partial charge is 0.398 e. The molecule has 0 aliphatic heterocycles. The van der Waals surface area contributed by atoms with Crippen LogP contribution in [-0.2, 0) is 0 Å². The van der Waals surface area contributed by atoms with Crippen molar-refractivity contribution in [2.75, 3.05) is 12.3 Å². The van der Waals surface area contributed by atoms with Gasteiger partial charge in [-0.25, -0.2) is 0 Å². The number of rotatable bonds is 5. The van der Waals surface area contributed by atoms with Gasteiger partial charge in [0, 0.05) is 12.2 Å². The molecule has 106 valence electrons. The summed E-state index contributed by atoms with van der Waals surface area (Å²) < 4.78 is 0. The van der Waals surface area contributed by atoms with Gasteiger partial charge in [0.15, 0.2) is 0 Å². The third-order valence-electron chi connectivity index (χ3n) is 3.66. The van der Waals surface area contributed by atoms with Crippen LogP contribution in [0.15, 0.2) is 18.2 Å². The number of anilines is 1. The minimum atomic E-state index is -0.0764. The average Bonchev–Trinajstić information content (AvgIpc) is 2.31. The molecule has 3 nitrogen and oxygen atoms in total. The molecule has 0 spiro atoms. The number of hydrogen-bond acceptors (Lipinski definition) is 2. The van der Waals surface area contributed by atoms with Crippen molar-refractivity contribution >= 4 is 11.6 Å². The molecular weight excluding hydrogens is 236 g/mol. The van der Waals surface area contributed by atoms with Gasteiger partial charge in [0.25, 0.3) is 5.91 Å². The van der Waals surface area contributed by atoms with Crippen LogP contribution in [0.1, 0.15) is 43.6 Å². The fourth-order valence-corrected chi connectivity index (χ4v) is 2.41. The SMILES string of the molecule is Cc1ccc(N)c(C(=O)NCC(C(C)C)C(C)C)c1. The van der Waals surface area contributed by atoms with Crippen molar-refractivity contribution < 1.29 is 4.79 Å². The molecule has 3 N–H and O–H groups in total. The zero-order valence-corrected chi connectivity index (χ0v) is 12.7. The van der Waals surface area contributed by atoms with E-state index in [1.807, 2.05) is 19.1 Å². The van der Waals surface area contributed by atoms with Crippen LogP contribution < -0.4 is 11.1 Å². The van der Waals surface area contributed by atoms with Crippen molar-refractivity contribution in [1.82, 2.24) is 5.32 Å². The molecule has 1 aromatic rings. The predicted molar refractivity (Wildman–Crippen MR) is 81.1 cm³/mol. The Hall–Kier alpha value is -1.51. The number of hydrogen-bond donors (Lipinski definition) is 2. The molecule has 0 unspecified atom stereocenters. The van der Waals surface area contributed by atoms with E-state index < -0.39 is 0 Å². The van der Waals surface area contributed by atoms with Crippen LogP contribution >= 0.6 is 0 Å². The zero-order chi connectivity index (χ0) is 14.6. The van der Waals surface area contributed by atoms with Gasteiger partial charge in [-0.1, -0.05) is 39.3 Å². The Morgan fingerprint density at radius 3 is 2.32 bits per heavy atom. The van der Waals surface area contributed by atoms with E-state index in [1.165, 1.54) is 0 Å². The zero-order valence-electron chi connectivity index (χ0n) is 12.7. The molecule has 3 heteroatoms. The third-order valence-corrected chi connectivity index (χ3v) is 3.66. The molecular formula is C16H26N2O. The second kappa shape index (κ2) is 6.60. The van der Waals surface area contributed by atoms with Crippen LogP contribution in [0.3, 0.4) is 0 Å². The van der Waals surface area contributed by atoms with E-state index >= 15 is 0 Å². The summed E-state index contributed by atoms with van der Waals surface area (Å²) >= 11 is 0. The molecule has 19 heavy (non-hydrogen) atoms. The van der Waals surface area contributed by atoms with Gasteiger partial charge in [0.05, 0.1) is 5.56 Å². The molecule has 0 aliphatic carbocycles. The van der Waals surface area contributed by atoms with E-state index in [9.17, 15) is 4.79 Å². The maximum Gasteiger partial charge on any atom is 0.253 e. The number of benzene rings is 1. The predicted octanol–water partition coefficient (Wildman–Crippen LogP) is 3.24. The quantitative estimate of drug-likeness (QED) is 0.800. The number of nitrogens with one attached hydrogen (secondary N) is 1. The Morgan fingerprint density at radius 2 is 1.79 bits per heavy atom. The van der Waals surface area contributed by atoms with Crippen molar-refractivity contribution in [1.29, 1.82) is 0 Å². The molecule has 1 rings (SSSR count). The Labute approximate surface area is 116 Å². The van der Waals surface area contributed by atoms with Gasteiger partial charge in [-0.15, -0.1) is 0 Å². The van der Waals surface area contributed by atoms with Gasteiger partial charge < -0.3 is 11.1 Å². The normalized spacial score (nSPS) is 11.4. The third kappa shape index (κ3) is 4.27. The molecule has 0 aliphatic rings. The van der Waals surface area contributed by atoms with Crippen molar-refractivity contribution in [3.63, 3.8) is 0 Å². The lowest BCUT2D eigenvalue weighted by Crippen LogP contribution is -2.34. The molecule has 0 radical (unpaired) electrons. The number of carbonyl (C=O) groups is 1. The number of aryl methyl sites for hydroxylation is 1. The first kappa shape index (κ1) is 15.5. The molecule has 0 saturated heterocycles. The van der Waals surface area contributed by atoms with Crippen LogP contribution in [0, 0.1) is 24.7 Å². The first-order valence-corrected chi connectivity index (χ1v) is 6.97. The van der Waals surface area contributed by atoms with Gasteiger partial charge in [-0.2, -0.15) is 0 Å². The first-order valence-electron chi connectivity index (χ1n) is 6.97. The second-order valence-electron chi connectivity index (χ2n) is 5.95. The van der Waals surface area contributed by atoms with Crippen LogP contribution in [0.5, 0.6) is 0 Å². The van der Waals surface area contributed by atoms with Crippen molar-refractivity contribution in [3.05, 3.63) is 29.3 Å². The highest BCUT2D eigenvalue weighted by Crippen LogP contribution is 2.20. The van der Waals surface area contributed by atoms with E-state index in [4.69, 9.17) is 5.73 Å². The van der Waals surface area contributed by atoms with Crippen molar-refractivity contribution in [2.24, 2.45) is 17.8 Å². The Bertz CT molecular complexity index is 430. The number of carbonyl (C=O) groups excluding carboxylic acids is 1. The van der Waals surface area contributed by atoms with Gasteiger partial charge in [0.1, 0.15) is 0 Å². The summed E-state index contributed by atoms with van der Waals surface area (Å²) in [5, 5.41) is 3.01. The lowest BCUT2D eigenvalue weighted by molar-refractivity contribution is 0.0938. The summed E-state index contributed by atoms with van der Waals surface area (Å²) in [4.78, 5) is 12.2. The maximum absolute atomic E-state index is 12.2. The summed E-state index contributed by atoms with van der Waals surface area (Å²) in [6.45, 7) is 11.4. The smallest absolute Gasteiger partial charge is 0.253 e. The van der Waals surface area contributed by atoms with E-state index in [2.05, 4.69) is 33.0 Å². The van der Waals surface area contributed by atoms with Crippen LogP contribution in [0.2, 0.25) is 0 Å². The fraction of sp³-hybridized carbons (Fsp3) is 0.562. The van der Waals surface area contributed by atoms with E-state index in [0.717, 1.165) is 5.56 Å². The van der Waals surface area contributed by atoms with E-state index in [1.54, 1.807) is 6.07 Å². The van der Waals surface area contributed by atoms with Gasteiger partial charge in [-0.05, 0) is 36.8 Å². The highest BCUT2D eigenvalue weighted by Gasteiger charge is 2.19. The highest BCUT2D eigenvalue weighted by molar-refractivity contribution is 5.99. The Balaban J connectivity index is 2.72. The summed E-state index contributed by atoms with van der Waals surface area (Å²) in [6, 6.07) is 5.54. The minimum absolute atomic E-state index is 0.0764. The fourth-order valence-electron chi connectivity index (χ4n) is 2.41. The molecule has 0 heterocycles. The molecule has 1 aromatic carbocycles. The van der Waals surface area contributed by atoms with Crippen LogP contribution in [0.4, 0.5) is 5.69 Å².